The van der Waals surface area contributed by atoms with Crippen molar-refractivity contribution in [1.29, 1.82) is 0 Å². The lowest BCUT2D eigenvalue weighted by atomic mass is 10.1. The number of nitrogens with zero attached hydrogens (tertiary/aromatic N) is 1. The number of piperidine rings is 1. The second kappa shape index (κ2) is 9.88. The topological polar surface area (TPSA) is 61.4 Å². The zero-order valence-corrected chi connectivity index (χ0v) is 15.9. The van der Waals surface area contributed by atoms with Crippen LogP contribution < -0.4 is 15.5 Å². The standard InChI is InChI=1S/C22H26FN3O2/c23-18-6-4-17(5-7-18)12-13-24-21(27)16-22(28)25-19-8-10-20(11-9-19)26-14-2-1-3-15-26/h4-11H,1-3,12-16H2,(H,24,27)(H,25,28). The van der Waals surface area contributed by atoms with Gasteiger partial charge in [-0.15, -0.1) is 0 Å². The molecule has 1 aliphatic rings. The molecule has 2 aromatic rings. The molecule has 1 fully saturated rings. The van der Waals surface area contributed by atoms with Gasteiger partial charge < -0.3 is 15.5 Å². The van der Waals surface area contributed by atoms with E-state index in [-0.39, 0.29) is 24.1 Å². The summed E-state index contributed by atoms with van der Waals surface area (Å²) in [5.74, 6) is -0.956. The number of carbonyl (C=O) groups is 2. The molecule has 6 heteroatoms. The van der Waals surface area contributed by atoms with Gasteiger partial charge in [-0.25, -0.2) is 4.39 Å². The van der Waals surface area contributed by atoms with Crippen LogP contribution in [-0.2, 0) is 16.0 Å². The highest BCUT2D eigenvalue weighted by Crippen LogP contribution is 2.21. The monoisotopic (exact) mass is 383 g/mol. The minimum atomic E-state index is -0.343. The third-order valence-corrected chi connectivity index (χ3v) is 4.84. The molecule has 0 spiro atoms. The highest BCUT2D eigenvalue weighted by atomic mass is 19.1. The number of halogens is 1. The van der Waals surface area contributed by atoms with E-state index in [1.54, 1.807) is 12.1 Å². The van der Waals surface area contributed by atoms with E-state index in [9.17, 15) is 14.0 Å². The number of amides is 2. The van der Waals surface area contributed by atoms with Gasteiger partial charge in [-0.2, -0.15) is 0 Å². The summed E-state index contributed by atoms with van der Waals surface area (Å²) in [6, 6.07) is 13.9. The van der Waals surface area contributed by atoms with Crippen molar-refractivity contribution < 1.29 is 14.0 Å². The first-order chi connectivity index (χ1) is 13.6. The Labute approximate surface area is 164 Å². The molecule has 2 N–H and O–H groups in total. The lowest BCUT2D eigenvalue weighted by Crippen LogP contribution is -2.30. The molecule has 1 saturated heterocycles. The van der Waals surface area contributed by atoms with Gasteiger partial charge in [-0.1, -0.05) is 12.1 Å². The first-order valence-electron chi connectivity index (χ1n) is 9.76. The summed E-state index contributed by atoms with van der Waals surface area (Å²) in [5.41, 5.74) is 2.78. The predicted octanol–water partition coefficient (Wildman–Crippen LogP) is 3.50. The predicted molar refractivity (Wildman–Crippen MR) is 109 cm³/mol. The second-order valence-corrected chi connectivity index (χ2v) is 7.05. The molecule has 5 nitrogen and oxygen atoms in total. The second-order valence-electron chi connectivity index (χ2n) is 7.05. The van der Waals surface area contributed by atoms with Crippen molar-refractivity contribution >= 4 is 23.2 Å². The van der Waals surface area contributed by atoms with Crippen molar-refractivity contribution in [3.05, 3.63) is 59.9 Å². The van der Waals surface area contributed by atoms with Crippen molar-refractivity contribution in [2.75, 3.05) is 29.9 Å². The van der Waals surface area contributed by atoms with Crippen LogP contribution in [0, 0.1) is 5.82 Å². The number of benzene rings is 2. The van der Waals surface area contributed by atoms with Crippen LogP contribution in [0.4, 0.5) is 15.8 Å². The van der Waals surface area contributed by atoms with Crippen LogP contribution in [0.25, 0.3) is 0 Å². The Morgan fingerprint density at radius 2 is 1.57 bits per heavy atom. The van der Waals surface area contributed by atoms with Crippen molar-refractivity contribution in [3.8, 4) is 0 Å². The van der Waals surface area contributed by atoms with Gasteiger partial charge in [0.2, 0.25) is 11.8 Å². The summed E-state index contributed by atoms with van der Waals surface area (Å²) in [4.78, 5) is 26.3. The Morgan fingerprint density at radius 3 is 2.25 bits per heavy atom. The fraction of sp³-hybridized carbons (Fsp3) is 0.364. The number of carbonyl (C=O) groups excluding carboxylic acids is 2. The van der Waals surface area contributed by atoms with E-state index in [4.69, 9.17) is 0 Å². The van der Waals surface area contributed by atoms with E-state index in [0.29, 0.717) is 18.7 Å². The summed E-state index contributed by atoms with van der Waals surface area (Å²) >= 11 is 0. The number of hydrogen-bond acceptors (Lipinski definition) is 3. The molecule has 0 unspecified atom stereocenters. The average molecular weight is 383 g/mol. The minimum absolute atomic E-state index is 0.225. The molecule has 3 rings (SSSR count). The van der Waals surface area contributed by atoms with Crippen LogP contribution >= 0.6 is 0 Å². The minimum Gasteiger partial charge on any atom is -0.372 e. The van der Waals surface area contributed by atoms with Crippen molar-refractivity contribution in [2.24, 2.45) is 0 Å². The maximum absolute atomic E-state index is 12.9. The highest BCUT2D eigenvalue weighted by molar-refractivity contribution is 6.03. The quantitative estimate of drug-likeness (QED) is 0.720. The maximum Gasteiger partial charge on any atom is 0.233 e. The lowest BCUT2D eigenvalue weighted by molar-refractivity contribution is -0.126. The SMILES string of the molecule is O=C(CC(=O)Nc1ccc(N2CCCCC2)cc1)NCCc1ccc(F)cc1. The largest absolute Gasteiger partial charge is 0.372 e. The molecule has 1 aliphatic heterocycles. The number of nitrogens with one attached hydrogen (secondary N) is 2. The first kappa shape index (κ1) is 19.9. The van der Waals surface area contributed by atoms with Gasteiger partial charge in [0.15, 0.2) is 0 Å². The molecule has 0 aromatic heterocycles. The van der Waals surface area contributed by atoms with Gasteiger partial charge in [-0.05, 0) is 67.6 Å². The normalized spacial score (nSPS) is 13.8. The number of hydrogen-bond donors (Lipinski definition) is 2. The third-order valence-electron chi connectivity index (χ3n) is 4.84. The van der Waals surface area contributed by atoms with Gasteiger partial charge in [-0.3, -0.25) is 9.59 Å². The summed E-state index contributed by atoms with van der Waals surface area (Å²) in [6.07, 6.45) is 4.09. The first-order valence-corrected chi connectivity index (χ1v) is 9.76. The molecule has 0 bridgehead atoms. The zero-order chi connectivity index (χ0) is 19.8. The molecule has 148 valence electrons. The summed E-state index contributed by atoms with van der Waals surface area (Å²) < 4.78 is 12.9. The third kappa shape index (κ3) is 6.08. The van der Waals surface area contributed by atoms with Gasteiger partial charge in [0.1, 0.15) is 12.2 Å². The highest BCUT2D eigenvalue weighted by Gasteiger charge is 2.12. The van der Waals surface area contributed by atoms with Crippen LogP contribution in [-0.4, -0.2) is 31.4 Å². The Hall–Kier alpha value is -2.89. The Morgan fingerprint density at radius 1 is 0.893 bits per heavy atom. The fourth-order valence-electron chi connectivity index (χ4n) is 3.32. The summed E-state index contributed by atoms with van der Waals surface area (Å²) in [6.45, 7) is 2.55. The fourth-order valence-corrected chi connectivity index (χ4v) is 3.32. The van der Waals surface area contributed by atoms with Gasteiger partial charge in [0.25, 0.3) is 0 Å². The Bertz CT molecular complexity index is 784. The van der Waals surface area contributed by atoms with Crippen LogP contribution in [0.3, 0.4) is 0 Å². The lowest BCUT2D eigenvalue weighted by Gasteiger charge is -2.28. The molecule has 0 atom stereocenters. The van der Waals surface area contributed by atoms with E-state index >= 15 is 0 Å². The van der Waals surface area contributed by atoms with Crippen LogP contribution in [0.5, 0.6) is 0 Å². The van der Waals surface area contributed by atoms with Crippen LogP contribution in [0.2, 0.25) is 0 Å². The smallest absolute Gasteiger partial charge is 0.233 e. The average Bonchev–Trinajstić information content (AvgIpc) is 2.70. The molecular formula is C22H26FN3O2. The van der Waals surface area contributed by atoms with Crippen molar-refractivity contribution in [2.45, 2.75) is 32.1 Å². The molecule has 28 heavy (non-hydrogen) atoms. The van der Waals surface area contributed by atoms with E-state index in [1.807, 2.05) is 24.3 Å². The van der Waals surface area contributed by atoms with Crippen molar-refractivity contribution in [3.63, 3.8) is 0 Å². The van der Waals surface area contributed by atoms with Crippen LogP contribution in [0.15, 0.2) is 48.5 Å². The van der Waals surface area contributed by atoms with Gasteiger partial charge >= 0.3 is 0 Å². The molecule has 0 saturated carbocycles. The summed E-state index contributed by atoms with van der Waals surface area (Å²) in [7, 11) is 0. The molecule has 2 aromatic carbocycles. The van der Waals surface area contributed by atoms with E-state index in [0.717, 1.165) is 24.3 Å². The van der Waals surface area contributed by atoms with Gasteiger partial charge in [0.05, 0.1) is 0 Å². The van der Waals surface area contributed by atoms with E-state index in [1.165, 1.54) is 31.4 Å². The molecule has 0 aliphatic carbocycles. The van der Waals surface area contributed by atoms with E-state index < -0.39 is 0 Å². The van der Waals surface area contributed by atoms with Gasteiger partial charge in [0, 0.05) is 31.0 Å². The van der Waals surface area contributed by atoms with Crippen molar-refractivity contribution in [1.82, 2.24) is 5.32 Å². The zero-order valence-electron chi connectivity index (χ0n) is 15.9. The Balaban J connectivity index is 1.39. The molecule has 1 heterocycles. The van der Waals surface area contributed by atoms with Crippen LogP contribution in [0.1, 0.15) is 31.2 Å². The molecule has 0 radical (unpaired) electrons. The molecular weight excluding hydrogens is 357 g/mol. The maximum atomic E-state index is 12.9. The Kier molecular flexibility index (Phi) is 7.00. The number of anilines is 2. The van der Waals surface area contributed by atoms with E-state index in [2.05, 4.69) is 15.5 Å². The summed E-state index contributed by atoms with van der Waals surface area (Å²) in [5, 5.41) is 5.47. The molecule has 2 amide bonds. The number of rotatable bonds is 7.